The first kappa shape index (κ1) is 26.7. The minimum absolute atomic E-state index is 0.800. The van der Waals surface area contributed by atoms with Crippen molar-refractivity contribution in [2.24, 2.45) is 5.92 Å². The average Bonchev–Trinajstić information content (AvgIpc) is 2.89. The van der Waals surface area contributed by atoms with E-state index in [1.807, 2.05) is 12.4 Å². The molecule has 1 aliphatic carbocycles. The van der Waals surface area contributed by atoms with Crippen molar-refractivity contribution >= 4 is 0 Å². The lowest BCUT2D eigenvalue weighted by atomic mass is 9.86. The van der Waals surface area contributed by atoms with E-state index in [-0.39, 0.29) is 0 Å². The van der Waals surface area contributed by atoms with Crippen LogP contribution in [0.3, 0.4) is 0 Å². The van der Waals surface area contributed by atoms with Crippen molar-refractivity contribution < 1.29 is 4.74 Å². The van der Waals surface area contributed by atoms with Crippen molar-refractivity contribution in [2.45, 2.75) is 122 Å². The van der Waals surface area contributed by atoms with Crippen LogP contribution in [0.5, 0.6) is 5.75 Å². The molecule has 0 N–H and O–H groups in total. The van der Waals surface area contributed by atoms with Gasteiger partial charge in [-0.1, -0.05) is 103 Å². The number of hydrogen-bond acceptors (Lipinski definition) is 3. The van der Waals surface area contributed by atoms with Crippen LogP contribution in [-0.4, -0.2) is 16.6 Å². The summed E-state index contributed by atoms with van der Waals surface area (Å²) >= 11 is 0. The molecular formula is C31H48N2O. The standard InChI is InChI=1S/C31H48N2O/c1-2-3-4-5-6-7-8-11-19-28-25-32-31(33-26-28)29-20-22-30(23-21-29)34-24-15-10-14-18-27-16-12-9-13-17-27/h20-23,25-27H,2-19,24H2,1H3. The van der Waals surface area contributed by atoms with Crippen molar-refractivity contribution in [2.75, 3.05) is 6.61 Å². The monoisotopic (exact) mass is 464 g/mol. The molecule has 1 heterocycles. The molecule has 0 unspecified atom stereocenters. The molecule has 2 aromatic rings. The summed E-state index contributed by atoms with van der Waals surface area (Å²) in [6.45, 7) is 3.09. The Morgan fingerprint density at radius 1 is 0.735 bits per heavy atom. The van der Waals surface area contributed by atoms with Crippen LogP contribution < -0.4 is 4.74 Å². The van der Waals surface area contributed by atoms with E-state index in [0.717, 1.165) is 42.5 Å². The molecule has 0 bridgehead atoms. The molecule has 188 valence electrons. The fourth-order valence-corrected chi connectivity index (χ4v) is 5.17. The molecule has 1 aliphatic rings. The van der Waals surface area contributed by atoms with E-state index in [1.54, 1.807) is 0 Å². The number of nitrogens with zero attached hydrogens (tertiary/aromatic N) is 2. The van der Waals surface area contributed by atoms with E-state index in [1.165, 1.54) is 108 Å². The molecule has 1 aromatic carbocycles. The summed E-state index contributed by atoms with van der Waals surface area (Å²) in [5, 5.41) is 0. The van der Waals surface area contributed by atoms with Crippen LogP contribution in [0, 0.1) is 5.92 Å². The lowest BCUT2D eigenvalue weighted by molar-refractivity contribution is 0.293. The summed E-state index contributed by atoms with van der Waals surface area (Å²) in [6.07, 6.45) is 28.4. The molecule has 0 aliphatic heterocycles. The van der Waals surface area contributed by atoms with Gasteiger partial charge >= 0.3 is 0 Å². The smallest absolute Gasteiger partial charge is 0.159 e. The highest BCUT2D eigenvalue weighted by Crippen LogP contribution is 2.28. The third kappa shape index (κ3) is 10.6. The maximum Gasteiger partial charge on any atom is 0.159 e. The summed E-state index contributed by atoms with van der Waals surface area (Å²) in [6, 6.07) is 8.25. The summed E-state index contributed by atoms with van der Waals surface area (Å²) in [4.78, 5) is 9.22. The van der Waals surface area contributed by atoms with E-state index in [9.17, 15) is 0 Å². The lowest BCUT2D eigenvalue weighted by Crippen LogP contribution is -2.06. The van der Waals surface area contributed by atoms with Gasteiger partial charge in [0.25, 0.3) is 0 Å². The number of hydrogen-bond donors (Lipinski definition) is 0. The Balaban J connectivity index is 1.27. The van der Waals surface area contributed by atoms with E-state index >= 15 is 0 Å². The molecule has 3 rings (SSSR count). The molecule has 0 radical (unpaired) electrons. The number of rotatable bonds is 17. The maximum atomic E-state index is 5.96. The number of aromatic nitrogens is 2. The van der Waals surface area contributed by atoms with Crippen molar-refractivity contribution in [3.63, 3.8) is 0 Å². The summed E-state index contributed by atoms with van der Waals surface area (Å²) in [7, 11) is 0. The van der Waals surface area contributed by atoms with Gasteiger partial charge < -0.3 is 4.74 Å². The molecular weight excluding hydrogens is 416 g/mol. The fourth-order valence-electron chi connectivity index (χ4n) is 5.17. The lowest BCUT2D eigenvalue weighted by Gasteiger charge is -2.21. The van der Waals surface area contributed by atoms with Crippen LogP contribution in [-0.2, 0) is 6.42 Å². The highest BCUT2D eigenvalue weighted by molar-refractivity contribution is 5.55. The number of benzene rings is 1. The highest BCUT2D eigenvalue weighted by Gasteiger charge is 2.12. The zero-order valence-electron chi connectivity index (χ0n) is 21.8. The normalized spacial score (nSPS) is 14.4. The van der Waals surface area contributed by atoms with Gasteiger partial charge in [-0.2, -0.15) is 0 Å². The predicted molar refractivity (Wildman–Crippen MR) is 144 cm³/mol. The SMILES string of the molecule is CCCCCCCCCCc1cnc(-c2ccc(OCCCCCC3CCCCC3)cc2)nc1. The van der Waals surface area contributed by atoms with Gasteiger partial charge in [0.1, 0.15) is 5.75 Å². The van der Waals surface area contributed by atoms with Crippen LogP contribution >= 0.6 is 0 Å². The van der Waals surface area contributed by atoms with Crippen LogP contribution in [0.15, 0.2) is 36.7 Å². The van der Waals surface area contributed by atoms with Crippen molar-refractivity contribution in [1.82, 2.24) is 9.97 Å². The molecule has 3 nitrogen and oxygen atoms in total. The van der Waals surface area contributed by atoms with Gasteiger partial charge in [-0.25, -0.2) is 9.97 Å². The Kier molecular flexibility index (Phi) is 13.1. The average molecular weight is 465 g/mol. The predicted octanol–water partition coefficient (Wildman–Crippen LogP) is 9.35. The topological polar surface area (TPSA) is 35.0 Å². The molecule has 34 heavy (non-hydrogen) atoms. The molecule has 0 spiro atoms. The summed E-state index contributed by atoms with van der Waals surface area (Å²) in [5.41, 5.74) is 2.30. The van der Waals surface area contributed by atoms with Crippen molar-refractivity contribution in [3.05, 3.63) is 42.2 Å². The van der Waals surface area contributed by atoms with Crippen molar-refractivity contribution in [1.29, 1.82) is 0 Å². The second-order valence-corrected chi connectivity index (χ2v) is 10.4. The van der Waals surface area contributed by atoms with Gasteiger partial charge in [0.2, 0.25) is 0 Å². The third-order valence-electron chi connectivity index (χ3n) is 7.39. The second kappa shape index (κ2) is 16.7. The Labute approximate surface area is 209 Å². The van der Waals surface area contributed by atoms with Crippen LogP contribution in [0.1, 0.15) is 122 Å². The first-order valence-electron chi connectivity index (χ1n) is 14.4. The molecule has 0 saturated heterocycles. The Morgan fingerprint density at radius 3 is 2.09 bits per heavy atom. The zero-order valence-corrected chi connectivity index (χ0v) is 21.8. The van der Waals surface area contributed by atoms with Crippen molar-refractivity contribution in [3.8, 4) is 17.1 Å². The largest absolute Gasteiger partial charge is 0.494 e. The van der Waals surface area contributed by atoms with E-state index in [0.29, 0.717) is 0 Å². The Hall–Kier alpha value is -1.90. The molecule has 3 heteroatoms. The van der Waals surface area contributed by atoms with Crippen LogP contribution in [0.2, 0.25) is 0 Å². The zero-order chi connectivity index (χ0) is 23.7. The third-order valence-corrected chi connectivity index (χ3v) is 7.39. The highest BCUT2D eigenvalue weighted by atomic mass is 16.5. The maximum absolute atomic E-state index is 5.96. The van der Waals surface area contributed by atoms with Gasteiger partial charge in [-0.15, -0.1) is 0 Å². The van der Waals surface area contributed by atoms with Gasteiger partial charge in [0, 0.05) is 18.0 Å². The molecule has 1 fully saturated rings. The Bertz CT molecular complexity index is 750. The number of ether oxygens (including phenoxy) is 1. The molecule has 0 atom stereocenters. The molecule has 1 aromatic heterocycles. The second-order valence-electron chi connectivity index (χ2n) is 10.4. The van der Waals surface area contributed by atoms with Gasteiger partial charge in [-0.05, 0) is 55.0 Å². The molecule has 0 amide bonds. The number of aryl methyl sites for hydroxylation is 1. The van der Waals surface area contributed by atoms with Crippen LogP contribution in [0.25, 0.3) is 11.4 Å². The van der Waals surface area contributed by atoms with E-state index in [4.69, 9.17) is 4.74 Å². The minimum Gasteiger partial charge on any atom is -0.494 e. The van der Waals surface area contributed by atoms with E-state index in [2.05, 4.69) is 41.2 Å². The molecule has 1 saturated carbocycles. The van der Waals surface area contributed by atoms with Crippen LogP contribution in [0.4, 0.5) is 0 Å². The Morgan fingerprint density at radius 2 is 1.38 bits per heavy atom. The summed E-state index contributed by atoms with van der Waals surface area (Å²) in [5.74, 6) is 2.75. The first-order chi connectivity index (χ1) is 16.8. The van der Waals surface area contributed by atoms with E-state index < -0.39 is 0 Å². The van der Waals surface area contributed by atoms with Gasteiger partial charge in [0.15, 0.2) is 5.82 Å². The fraction of sp³-hybridized carbons (Fsp3) is 0.677. The van der Waals surface area contributed by atoms with Gasteiger partial charge in [0.05, 0.1) is 6.61 Å². The minimum atomic E-state index is 0.800. The van der Waals surface area contributed by atoms with Gasteiger partial charge in [-0.3, -0.25) is 0 Å². The first-order valence-corrected chi connectivity index (χ1v) is 14.4. The number of unbranched alkanes of at least 4 members (excludes halogenated alkanes) is 9. The quantitative estimate of drug-likeness (QED) is 0.219. The summed E-state index contributed by atoms with van der Waals surface area (Å²) < 4.78 is 5.96.